The lowest BCUT2D eigenvalue weighted by molar-refractivity contribution is 0.643. The Kier molecular flexibility index (Phi) is 4.19. The highest BCUT2D eigenvalue weighted by Crippen LogP contribution is 2.31. The largest absolute Gasteiger partial charge is 0.329 e. The van der Waals surface area contributed by atoms with Gasteiger partial charge in [0.1, 0.15) is 10.5 Å². The normalized spacial score (nSPS) is 12.8. The molecule has 32 heavy (non-hydrogen) atoms. The van der Waals surface area contributed by atoms with Crippen molar-refractivity contribution in [2.24, 2.45) is 12.0 Å². The van der Waals surface area contributed by atoms with Crippen molar-refractivity contribution in [2.75, 3.05) is 0 Å². The van der Waals surface area contributed by atoms with Crippen LogP contribution in [0.5, 0.6) is 0 Å². The second-order valence-corrected chi connectivity index (χ2v) is 8.97. The Morgan fingerprint density at radius 2 is 2.09 bits per heavy atom. The predicted molar refractivity (Wildman–Crippen MR) is 125 cm³/mol. The number of aromatic nitrogens is 5. The third kappa shape index (κ3) is 2.93. The molecule has 0 unspecified atom stereocenters. The van der Waals surface area contributed by atoms with Crippen LogP contribution in [-0.2, 0) is 26.6 Å². The number of thiazole rings is 1. The highest BCUT2D eigenvalue weighted by molar-refractivity contribution is 7.19. The van der Waals surface area contributed by atoms with Crippen LogP contribution in [-0.4, -0.2) is 30.5 Å². The zero-order valence-electron chi connectivity index (χ0n) is 17.2. The summed E-state index contributed by atoms with van der Waals surface area (Å²) in [5.74, 6) is 0. The standard InChI is InChI=1S/C23H18N6O2S/c1-28-20-17(21-22(28)27-19(32-21)7-13-5-6-18(30)25-8-13)11-26-29(23(20)31)12-15-4-2-3-14-9-24-10-16(14)15/h2-6,8,10-11H,7,9,12H2,1H3,(H,25,30). The molecule has 1 aromatic carbocycles. The molecule has 8 nitrogen and oxygen atoms in total. The molecule has 5 aromatic rings. The van der Waals surface area contributed by atoms with Gasteiger partial charge in [-0.3, -0.25) is 14.6 Å². The van der Waals surface area contributed by atoms with Gasteiger partial charge >= 0.3 is 0 Å². The predicted octanol–water partition coefficient (Wildman–Crippen LogP) is 2.60. The zero-order chi connectivity index (χ0) is 21.8. The van der Waals surface area contributed by atoms with E-state index in [0.29, 0.717) is 25.0 Å². The van der Waals surface area contributed by atoms with Crippen molar-refractivity contribution in [3.63, 3.8) is 0 Å². The molecule has 1 N–H and O–H groups in total. The maximum atomic E-state index is 13.3. The maximum absolute atomic E-state index is 13.3. The molecule has 1 aliphatic heterocycles. The van der Waals surface area contributed by atoms with Gasteiger partial charge in [-0.05, 0) is 16.7 Å². The number of hydrogen-bond acceptors (Lipinski definition) is 6. The molecule has 0 fully saturated rings. The van der Waals surface area contributed by atoms with Crippen LogP contribution in [0.2, 0.25) is 0 Å². The Balaban J connectivity index is 1.40. The van der Waals surface area contributed by atoms with Crippen molar-refractivity contribution in [2.45, 2.75) is 19.5 Å². The number of benzene rings is 1. The highest BCUT2D eigenvalue weighted by Gasteiger charge is 2.19. The molecule has 0 amide bonds. The average Bonchev–Trinajstić information content (AvgIpc) is 3.49. The summed E-state index contributed by atoms with van der Waals surface area (Å²) >= 11 is 1.55. The zero-order valence-corrected chi connectivity index (χ0v) is 18.0. The quantitative estimate of drug-likeness (QED) is 0.463. The fraction of sp³-hybridized carbons (Fsp3) is 0.174. The molecule has 9 heteroatoms. The average molecular weight is 443 g/mol. The van der Waals surface area contributed by atoms with Crippen LogP contribution in [0.15, 0.2) is 57.3 Å². The van der Waals surface area contributed by atoms with Gasteiger partial charge in [-0.2, -0.15) is 5.10 Å². The molecule has 0 radical (unpaired) electrons. The van der Waals surface area contributed by atoms with Gasteiger partial charge < -0.3 is 9.55 Å². The maximum Gasteiger partial charge on any atom is 0.291 e. The van der Waals surface area contributed by atoms with E-state index in [2.05, 4.69) is 21.1 Å². The third-order valence-electron chi connectivity index (χ3n) is 5.86. The first-order chi connectivity index (χ1) is 15.6. The smallest absolute Gasteiger partial charge is 0.291 e. The summed E-state index contributed by atoms with van der Waals surface area (Å²) in [5.41, 5.74) is 5.39. The van der Waals surface area contributed by atoms with E-state index >= 15 is 0 Å². The molecule has 1 aliphatic rings. The van der Waals surface area contributed by atoms with E-state index in [4.69, 9.17) is 4.98 Å². The van der Waals surface area contributed by atoms with E-state index in [1.807, 2.05) is 30.0 Å². The lowest BCUT2D eigenvalue weighted by atomic mass is 10.0. The van der Waals surface area contributed by atoms with Crippen molar-refractivity contribution in [1.29, 1.82) is 0 Å². The van der Waals surface area contributed by atoms with Gasteiger partial charge in [0.2, 0.25) is 5.56 Å². The van der Waals surface area contributed by atoms with Gasteiger partial charge in [0.25, 0.3) is 5.56 Å². The molecule has 0 saturated carbocycles. The molecular formula is C23H18N6O2S. The van der Waals surface area contributed by atoms with Crippen LogP contribution >= 0.6 is 11.3 Å². The lowest BCUT2D eigenvalue weighted by Crippen LogP contribution is -2.25. The summed E-state index contributed by atoms with van der Waals surface area (Å²) in [7, 11) is 1.87. The van der Waals surface area contributed by atoms with Crippen molar-refractivity contribution in [3.05, 3.63) is 90.7 Å². The van der Waals surface area contributed by atoms with Gasteiger partial charge in [0.15, 0.2) is 5.65 Å². The molecule has 4 aromatic heterocycles. The number of rotatable bonds is 4. The Morgan fingerprint density at radius 3 is 2.94 bits per heavy atom. The van der Waals surface area contributed by atoms with Gasteiger partial charge in [-0.25, -0.2) is 9.67 Å². The number of pyridine rings is 1. The number of nitrogens with zero attached hydrogens (tertiary/aromatic N) is 5. The monoisotopic (exact) mass is 442 g/mol. The Morgan fingerprint density at radius 1 is 1.19 bits per heavy atom. The second kappa shape index (κ2) is 7.10. The van der Waals surface area contributed by atoms with Gasteiger partial charge in [-0.1, -0.05) is 24.3 Å². The van der Waals surface area contributed by atoms with Crippen LogP contribution in [0.3, 0.4) is 0 Å². The number of fused-ring (bicyclic) bond motifs is 4. The summed E-state index contributed by atoms with van der Waals surface area (Å²) in [6, 6.07) is 9.39. The minimum absolute atomic E-state index is 0.126. The van der Waals surface area contributed by atoms with Gasteiger partial charge in [0.05, 0.1) is 24.0 Å². The van der Waals surface area contributed by atoms with Crippen LogP contribution in [0.4, 0.5) is 0 Å². The minimum atomic E-state index is -0.134. The summed E-state index contributed by atoms with van der Waals surface area (Å²) in [5, 5.41) is 6.21. The van der Waals surface area contributed by atoms with E-state index in [0.717, 1.165) is 37.4 Å². The van der Waals surface area contributed by atoms with Crippen molar-refractivity contribution in [1.82, 2.24) is 24.3 Å². The molecule has 6 rings (SSSR count). The lowest BCUT2D eigenvalue weighted by Gasteiger charge is -2.09. The number of aliphatic imine (C=N–C) groups is 1. The molecule has 0 atom stereocenters. The van der Waals surface area contributed by atoms with E-state index in [1.54, 1.807) is 29.8 Å². The fourth-order valence-electron chi connectivity index (χ4n) is 4.25. The van der Waals surface area contributed by atoms with Crippen molar-refractivity contribution >= 4 is 38.8 Å². The first-order valence-electron chi connectivity index (χ1n) is 10.2. The topological polar surface area (TPSA) is 97.9 Å². The number of H-pyrrole nitrogens is 1. The van der Waals surface area contributed by atoms with Crippen molar-refractivity contribution in [3.8, 4) is 0 Å². The number of aromatic amines is 1. The summed E-state index contributed by atoms with van der Waals surface area (Å²) in [6.45, 7) is 1.08. The summed E-state index contributed by atoms with van der Waals surface area (Å²) < 4.78 is 4.32. The third-order valence-corrected chi connectivity index (χ3v) is 6.94. The van der Waals surface area contributed by atoms with Gasteiger partial charge in [-0.15, -0.1) is 11.3 Å². The van der Waals surface area contributed by atoms with Gasteiger partial charge in [0, 0.05) is 42.9 Å². The van der Waals surface area contributed by atoms with Crippen LogP contribution in [0.25, 0.3) is 21.3 Å². The van der Waals surface area contributed by atoms with Crippen LogP contribution < -0.4 is 11.1 Å². The second-order valence-electron chi connectivity index (χ2n) is 7.89. The molecule has 158 valence electrons. The molecule has 0 spiro atoms. The molecule has 0 aliphatic carbocycles. The van der Waals surface area contributed by atoms with Crippen LogP contribution in [0, 0.1) is 0 Å². The van der Waals surface area contributed by atoms with E-state index in [1.165, 1.54) is 16.3 Å². The summed E-state index contributed by atoms with van der Waals surface area (Å²) in [4.78, 5) is 36.4. The van der Waals surface area contributed by atoms with E-state index < -0.39 is 0 Å². The van der Waals surface area contributed by atoms with E-state index in [9.17, 15) is 9.59 Å². The molecular weight excluding hydrogens is 424 g/mol. The Bertz CT molecular complexity index is 1650. The molecule has 5 heterocycles. The fourth-order valence-corrected chi connectivity index (χ4v) is 5.39. The Labute approximate surface area is 185 Å². The first kappa shape index (κ1) is 18.9. The van der Waals surface area contributed by atoms with Crippen LogP contribution in [0.1, 0.15) is 27.3 Å². The Hall–Kier alpha value is -3.85. The first-order valence-corrected chi connectivity index (χ1v) is 11.0. The number of aryl methyl sites for hydroxylation is 1. The molecule has 0 saturated heterocycles. The highest BCUT2D eigenvalue weighted by atomic mass is 32.1. The summed E-state index contributed by atoms with van der Waals surface area (Å²) in [6.07, 6.45) is 5.96. The van der Waals surface area contributed by atoms with E-state index in [-0.39, 0.29) is 11.1 Å². The number of nitrogens with one attached hydrogen (secondary N) is 1. The van der Waals surface area contributed by atoms with Crippen molar-refractivity contribution < 1.29 is 0 Å². The molecule has 0 bridgehead atoms. The SMILES string of the molecule is Cn1c2nc(Cc3ccc(=O)[nH]c3)sc2c2cnn(Cc3cccc4c3C=NC4)c(=O)c21. The minimum Gasteiger partial charge on any atom is -0.329 e. The number of hydrogen-bond donors (Lipinski definition) is 1.